The molecule has 2 heterocycles. The number of nitrogens with one attached hydrogen (secondary N) is 1. The van der Waals surface area contributed by atoms with Crippen LogP contribution >= 0.6 is 15.9 Å². The average Bonchev–Trinajstić information content (AvgIpc) is 2.73. The van der Waals surface area contributed by atoms with Gasteiger partial charge in [-0.25, -0.2) is 9.37 Å². The second-order valence-corrected chi connectivity index (χ2v) is 8.04. The van der Waals surface area contributed by atoms with Crippen molar-refractivity contribution in [2.24, 2.45) is 11.7 Å². The number of hydrogen-bond acceptors (Lipinski definition) is 5. The molecule has 9 heteroatoms. The van der Waals surface area contributed by atoms with E-state index in [0.717, 1.165) is 32.4 Å². The van der Waals surface area contributed by atoms with Gasteiger partial charge in [-0.3, -0.25) is 9.59 Å². The number of hydrogen-bond donors (Lipinski definition) is 2. The zero-order valence-electron chi connectivity index (χ0n) is 16.4. The van der Waals surface area contributed by atoms with Gasteiger partial charge in [-0.2, -0.15) is 0 Å². The lowest BCUT2D eigenvalue weighted by Crippen LogP contribution is -2.42. The fourth-order valence-electron chi connectivity index (χ4n) is 3.40. The van der Waals surface area contributed by atoms with Crippen molar-refractivity contribution in [2.45, 2.75) is 19.3 Å². The number of carbonyl (C=O) groups is 2. The van der Waals surface area contributed by atoms with Gasteiger partial charge in [-0.15, -0.1) is 0 Å². The highest BCUT2D eigenvalue weighted by atomic mass is 79.9. The summed E-state index contributed by atoms with van der Waals surface area (Å²) >= 11 is 3.24. The molecule has 1 aliphatic heterocycles. The standard InChI is InChI=1S/C21H24BrFN4O3/c22-17-12-15(23)6-7-18(17)30-21-16(5-1-8-26-21)20(29)25-9-3-11-27-10-2-4-14(13-27)19(24)28/h1,5-8,12,14H,2-4,9-11,13H2,(H2,24,28)(H,25,29). The van der Waals surface area contributed by atoms with Crippen molar-refractivity contribution < 1.29 is 18.7 Å². The molecule has 7 nitrogen and oxygen atoms in total. The third-order valence-corrected chi connectivity index (χ3v) is 5.58. The Hall–Kier alpha value is -2.52. The number of pyridine rings is 1. The number of rotatable bonds is 8. The summed E-state index contributed by atoms with van der Waals surface area (Å²) in [6.45, 7) is 2.87. The van der Waals surface area contributed by atoms with Crippen LogP contribution in [0.25, 0.3) is 0 Å². The van der Waals surface area contributed by atoms with Crippen LogP contribution in [-0.2, 0) is 4.79 Å². The number of carbonyl (C=O) groups excluding carboxylic acids is 2. The van der Waals surface area contributed by atoms with E-state index in [1.807, 2.05) is 0 Å². The molecule has 1 aromatic heterocycles. The number of likely N-dealkylation sites (tertiary alicyclic amines) is 1. The Morgan fingerprint density at radius 3 is 2.97 bits per heavy atom. The number of ether oxygens (including phenoxy) is 1. The Labute approximate surface area is 182 Å². The number of aromatic nitrogens is 1. The molecule has 2 amide bonds. The Morgan fingerprint density at radius 1 is 1.37 bits per heavy atom. The number of piperidine rings is 1. The number of primary amides is 1. The zero-order valence-corrected chi connectivity index (χ0v) is 18.0. The van der Waals surface area contributed by atoms with Gasteiger partial charge in [-0.1, -0.05) is 0 Å². The second-order valence-electron chi connectivity index (χ2n) is 7.18. The summed E-state index contributed by atoms with van der Waals surface area (Å²) in [5.41, 5.74) is 5.70. The van der Waals surface area contributed by atoms with Crippen LogP contribution in [0.2, 0.25) is 0 Å². The molecule has 1 saturated heterocycles. The summed E-state index contributed by atoms with van der Waals surface area (Å²) in [6.07, 6.45) is 4.07. The van der Waals surface area contributed by atoms with Crippen LogP contribution in [-0.4, -0.2) is 47.9 Å². The van der Waals surface area contributed by atoms with Crippen LogP contribution in [0, 0.1) is 11.7 Å². The van der Waals surface area contributed by atoms with Crippen molar-refractivity contribution in [3.8, 4) is 11.6 Å². The highest BCUT2D eigenvalue weighted by Gasteiger charge is 2.23. The minimum atomic E-state index is -0.399. The van der Waals surface area contributed by atoms with E-state index in [9.17, 15) is 14.0 Å². The molecule has 3 rings (SSSR count). The smallest absolute Gasteiger partial charge is 0.256 e. The van der Waals surface area contributed by atoms with Crippen molar-refractivity contribution in [1.29, 1.82) is 0 Å². The average molecular weight is 479 g/mol. The van der Waals surface area contributed by atoms with Crippen LogP contribution in [0.1, 0.15) is 29.6 Å². The van der Waals surface area contributed by atoms with Crippen molar-refractivity contribution in [3.63, 3.8) is 0 Å². The molecule has 1 unspecified atom stereocenters. The summed E-state index contributed by atoms with van der Waals surface area (Å²) < 4.78 is 19.4. The zero-order chi connectivity index (χ0) is 21.5. The van der Waals surface area contributed by atoms with E-state index in [2.05, 4.69) is 31.1 Å². The molecule has 0 aliphatic carbocycles. The van der Waals surface area contributed by atoms with E-state index in [1.54, 1.807) is 12.1 Å². The topological polar surface area (TPSA) is 97.6 Å². The minimum absolute atomic E-state index is 0.0887. The molecular weight excluding hydrogens is 455 g/mol. The molecule has 1 aromatic carbocycles. The molecule has 30 heavy (non-hydrogen) atoms. The summed E-state index contributed by atoms with van der Waals surface area (Å²) in [7, 11) is 0. The van der Waals surface area contributed by atoms with Gasteiger partial charge in [0.2, 0.25) is 11.8 Å². The summed E-state index contributed by atoms with van der Waals surface area (Å²) in [4.78, 5) is 30.3. The van der Waals surface area contributed by atoms with E-state index < -0.39 is 5.82 Å². The Balaban J connectivity index is 1.53. The first kappa shape index (κ1) is 22.2. The summed E-state index contributed by atoms with van der Waals surface area (Å²) in [6, 6.07) is 7.29. The Kier molecular flexibility index (Phi) is 7.75. The van der Waals surface area contributed by atoms with Crippen LogP contribution in [0.15, 0.2) is 41.0 Å². The van der Waals surface area contributed by atoms with Crippen molar-refractivity contribution >= 4 is 27.7 Å². The second kappa shape index (κ2) is 10.5. The van der Waals surface area contributed by atoms with Crippen molar-refractivity contribution in [2.75, 3.05) is 26.2 Å². The molecule has 160 valence electrons. The maximum absolute atomic E-state index is 13.3. The van der Waals surface area contributed by atoms with E-state index in [-0.39, 0.29) is 23.6 Å². The van der Waals surface area contributed by atoms with Gasteiger partial charge >= 0.3 is 0 Å². The molecule has 0 radical (unpaired) electrons. The van der Waals surface area contributed by atoms with Crippen molar-refractivity contribution in [1.82, 2.24) is 15.2 Å². The molecule has 0 spiro atoms. The van der Waals surface area contributed by atoms with Crippen LogP contribution in [0.4, 0.5) is 4.39 Å². The van der Waals surface area contributed by atoms with Gasteiger partial charge < -0.3 is 20.7 Å². The lowest BCUT2D eigenvalue weighted by atomic mass is 9.97. The maximum Gasteiger partial charge on any atom is 0.256 e. The number of benzene rings is 1. The highest BCUT2D eigenvalue weighted by Crippen LogP contribution is 2.30. The maximum atomic E-state index is 13.3. The molecule has 2 aromatic rings. The summed E-state index contributed by atoms with van der Waals surface area (Å²) in [5, 5.41) is 2.87. The van der Waals surface area contributed by atoms with Gasteiger partial charge in [0, 0.05) is 19.3 Å². The molecule has 1 fully saturated rings. The van der Waals surface area contributed by atoms with E-state index in [4.69, 9.17) is 10.5 Å². The van der Waals surface area contributed by atoms with Gasteiger partial charge in [0.05, 0.1) is 10.4 Å². The fraction of sp³-hybridized carbons (Fsp3) is 0.381. The Bertz CT molecular complexity index is 912. The van der Waals surface area contributed by atoms with Crippen LogP contribution in [0.5, 0.6) is 11.6 Å². The lowest BCUT2D eigenvalue weighted by Gasteiger charge is -2.31. The van der Waals surface area contributed by atoms with Crippen LogP contribution < -0.4 is 15.8 Å². The third-order valence-electron chi connectivity index (χ3n) is 4.96. The fourth-order valence-corrected chi connectivity index (χ4v) is 3.83. The number of halogens is 2. The highest BCUT2D eigenvalue weighted by molar-refractivity contribution is 9.10. The van der Waals surface area contributed by atoms with E-state index >= 15 is 0 Å². The first-order valence-electron chi connectivity index (χ1n) is 9.82. The van der Waals surface area contributed by atoms with Gasteiger partial charge in [0.15, 0.2) is 0 Å². The monoisotopic (exact) mass is 478 g/mol. The molecular formula is C21H24BrFN4O3. The quantitative estimate of drug-likeness (QED) is 0.568. The number of nitrogens with zero attached hydrogens (tertiary/aromatic N) is 2. The molecule has 1 aliphatic rings. The molecule has 3 N–H and O–H groups in total. The van der Waals surface area contributed by atoms with E-state index in [0.29, 0.717) is 28.9 Å². The van der Waals surface area contributed by atoms with E-state index in [1.165, 1.54) is 24.4 Å². The lowest BCUT2D eigenvalue weighted by molar-refractivity contribution is -0.123. The normalized spacial score (nSPS) is 16.8. The van der Waals surface area contributed by atoms with Gasteiger partial charge in [0.1, 0.15) is 17.1 Å². The SMILES string of the molecule is NC(=O)C1CCCN(CCCNC(=O)c2cccnc2Oc2ccc(F)cc2Br)C1. The molecule has 1 atom stereocenters. The predicted octanol–water partition coefficient (Wildman–Crippen LogP) is 3.09. The predicted molar refractivity (Wildman–Crippen MR) is 114 cm³/mol. The van der Waals surface area contributed by atoms with Crippen molar-refractivity contribution in [3.05, 3.63) is 52.4 Å². The first-order chi connectivity index (χ1) is 14.4. The minimum Gasteiger partial charge on any atom is -0.437 e. The Morgan fingerprint density at radius 2 is 2.20 bits per heavy atom. The molecule has 0 saturated carbocycles. The molecule has 0 bridgehead atoms. The van der Waals surface area contributed by atoms with Crippen LogP contribution in [0.3, 0.4) is 0 Å². The first-order valence-corrected chi connectivity index (χ1v) is 10.6. The number of nitrogens with two attached hydrogens (primary N) is 1. The van der Waals surface area contributed by atoms with Gasteiger partial charge in [0.25, 0.3) is 5.91 Å². The number of amides is 2. The van der Waals surface area contributed by atoms with Gasteiger partial charge in [-0.05, 0) is 78.6 Å². The third kappa shape index (κ3) is 5.99. The summed E-state index contributed by atoms with van der Waals surface area (Å²) in [5.74, 6) is -0.533. The largest absolute Gasteiger partial charge is 0.437 e.